The second kappa shape index (κ2) is 5.37. The lowest BCUT2D eigenvalue weighted by Crippen LogP contribution is -2.41. The number of hydrogen-bond acceptors (Lipinski definition) is 3. The van der Waals surface area contributed by atoms with Crippen LogP contribution in [0.5, 0.6) is 0 Å². The van der Waals surface area contributed by atoms with Crippen molar-refractivity contribution in [2.24, 2.45) is 0 Å². The Balaban J connectivity index is 1.88. The summed E-state index contributed by atoms with van der Waals surface area (Å²) in [6, 6.07) is 3.24. The van der Waals surface area contributed by atoms with Crippen LogP contribution in [0.15, 0.2) is 18.2 Å². The number of ether oxygens (including phenoxy) is 1. The molecule has 25 heavy (non-hydrogen) atoms. The molecule has 2 amide bonds. The number of likely N-dealkylation sites (tertiary alicyclic amines) is 1. The van der Waals surface area contributed by atoms with Crippen molar-refractivity contribution in [3.8, 4) is 0 Å². The third-order valence-electron chi connectivity index (χ3n) is 4.47. The molecule has 136 valence electrons. The largest absolute Gasteiger partial charge is 0.444 e. The van der Waals surface area contributed by atoms with E-state index in [9.17, 15) is 22.8 Å². The van der Waals surface area contributed by atoms with E-state index in [0.717, 1.165) is 12.1 Å². The lowest BCUT2D eigenvalue weighted by atomic mass is 9.80. The van der Waals surface area contributed by atoms with Gasteiger partial charge in [0.1, 0.15) is 5.60 Å². The van der Waals surface area contributed by atoms with Crippen LogP contribution in [-0.4, -0.2) is 35.6 Å². The molecule has 2 heterocycles. The van der Waals surface area contributed by atoms with Crippen molar-refractivity contribution < 1.29 is 27.5 Å². The molecule has 1 unspecified atom stereocenters. The predicted molar refractivity (Wildman–Crippen MR) is 84.2 cm³/mol. The third-order valence-corrected chi connectivity index (χ3v) is 4.47. The molecule has 1 aromatic carbocycles. The molecule has 1 spiro atoms. The van der Waals surface area contributed by atoms with Crippen molar-refractivity contribution >= 4 is 17.7 Å². The predicted octanol–water partition coefficient (Wildman–Crippen LogP) is 3.54. The van der Waals surface area contributed by atoms with E-state index >= 15 is 0 Å². The monoisotopic (exact) mass is 356 g/mol. The molecule has 0 aliphatic carbocycles. The SMILES string of the molecule is CC(C)(C)OC(=O)N1CCC2(C1)C(=O)Nc1cc(C(F)(F)F)ccc12. The molecular formula is C17H19F3N2O3. The van der Waals surface area contributed by atoms with Crippen molar-refractivity contribution in [3.63, 3.8) is 0 Å². The number of fused-ring (bicyclic) bond motifs is 2. The summed E-state index contributed by atoms with van der Waals surface area (Å²) in [5.41, 5.74) is -1.84. The highest BCUT2D eigenvalue weighted by Gasteiger charge is 2.53. The number of nitrogens with one attached hydrogen (secondary N) is 1. The van der Waals surface area contributed by atoms with Gasteiger partial charge in [0, 0.05) is 18.8 Å². The second-order valence-corrected chi connectivity index (χ2v) is 7.45. The number of nitrogens with zero attached hydrogens (tertiary/aromatic N) is 1. The molecule has 8 heteroatoms. The van der Waals surface area contributed by atoms with Gasteiger partial charge in [-0.2, -0.15) is 13.2 Å². The fraction of sp³-hybridized carbons (Fsp3) is 0.529. The third kappa shape index (κ3) is 3.05. The van der Waals surface area contributed by atoms with Crippen LogP contribution in [0.1, 0.15) is 38.3 Å². The zero-order chi connectivity index (χ0) is 18.6. The quantitative estimate of drug-likeness (QED) is 0.774. The number of carbonyl (C=O) groups is 2. The Hall–Kier alpha value is -2.25. The number of rotatable bonds is 0. The summed E-state index contributed by atoms with van der Waals surface area (Å²) in [6.07, 6.45) is -4.66. The van der Waals surface area contributed by atoms with Crippen LogP contribution < -0.4 is 5.32 Å². The Morgan fingerprint density at radius 2 is 1.96 bits per heavy atom. The summed E-state index contributed by atoms with van der Waals surface area (Å²) in [7, 11) is 0. The minimum atomic E-state index is -4.48. The first-order valence-corrected chi connectivity index (χ1v) is 7.93. The van der Waals surface area contributed by atoms with E-state index in [1.54, 1.807) is 20.8 Å². The molecule has 0 saturated carbocycles. The Morgan fingerprint density at radius 3 is 2.56 bits per heavy atom. The molecule has 5 nitrogen and oxygen atoms in total. The number of amides is 2. The molecule has 1 aromatic rings. The van der Waals surface area contributed by atoms with Crippen LogP contribution in [-0.2, 0) is 21.1 Å². The summed E-state index contributed by atoms with van der Waals surface area (Å²) >= 11 is 0. The molecule has 1 atom stereocenters. The van der Waals surface area contributed by atoms with Crippen molar-refractivity contribution in [1.82, 2.24) is 4.90 Å². The van der Waals surface area contributed by atoms with E-state index < -0.39 is 28.8 Å². The standard InChI is InChI=1S/C17H19F3N2O3/c1-15(2,3)25-14(24)22-7-6-16(9-22)11-5-4-10(17(18,19)20)8-12(11)21-13(16)23/h4-5,8H,6-7,9H2,1-3H3,(H,21,23). The van der Waals surface area contributed by atoms with Crippen LogP contribution in [0.2, 0.25) is 0 Å². The van der Waals surface area contributed by atoms with Crippen LogP contribution in [0, 0.1) is 0 Å². The van der Waals surface area contributed by atoms with E-state index in [4.69, 9.17) is 4.74 Å². The average Bonchev–Trinajstić information content (AvgIpc) is 3.01. The Labute approximate surface area is 143 Å². The minimum Gasteiger partial charge on any atom is -0.444 e. The van der Waals surface area contributed by atoms with Gasteiger partial charge in [0.2, 0.25) is 5.91 Å². The van der Waals surface area contributed by atoms with Crippen LogP contribution in [0.3, 0.4) is 0 Å². The number of carbonyl (C=O) groups excluding carboxylic acids is 2. The molecule has 2 aliphatic heterocycles. The lowest BCUT2D eigenvalue weighted by molar-refractivity contribution is -0.137. The first-order valence-electron chi connectivity index (χ1n) is 7.93. The van der Waals surface area contributed by atoms with E-state index in [0.29, 0.717) is 18.5 Å². The number of anilines is 1. The molecule has 1 N–H and O–H groups in total. The van der Waals surface area contributed by atoms with E-state index in [1.807, 2.05) is 0 Å². The van der Waals surface area contributed by atoms with Crippen LogP contribution in [0.4, 0.5) is 23.7 Å². The summed E-state index contributed by atoms with van der Waals surface area (Å²) in [6.45, 7) is 5.63. The maximum Gasteiger partial charge on any atom is 0.416 e. The van der Waals surface area contributed by atoms with E-state index in [-0.39, 0.29) is 18.1 Å². The zero-order valence-corrected chi connectivity index (χ0v) is 14.2. The molecule has 1 saturated heterocycles. The second-order valence-electron chi connectivity index (χ2n) is 7.45. The summed E-state index contributed by atoms with van der Waals surface area (Å²) < 4.78 is 43.9. The van der Waals surface area contributed by atoms with Gasteiger partial charge in [0.25, 0.3) is 0 Å². The highest BCUT2D eigenvalue weighted by Crippen LogP contribution is 2.46. The maximum atomic E-state index is 12.9. The smallest absolute Gasteiger partial charge is 0.416 e. The topological polar surface area (TPSA) is 58.6 Å². The van der Waals surface area contributed by atoms with Crippen molar-refractivity contribution in [2.45, 2.75) is 44.4 Å². The zero-order valence-electron chi connectivity index (χ0n) is 14.2. The van der Waals surface area contributed by atoms with Gasteiger partial charge >= 0.3 is 12.3 Å². The Morgan fingerprint density at radius 1 is 1.28 bits per heavy atom. The molecule has 2 aliphatic rings. The van der Waals surface area contributed by atoms with Gasteiger partial charge in [-0.05, 0) is 44.9 Å². The Kier molecular flexibility index (Phi) is 3.78. The highest BCUT2D eigenvalue weighted by molar-refractivity contribution is 6.07. The van der Waals surface area contributed by atoms with Crippen molar-refractivity contribution in [1.29, 1.82) is 0 Å². The number of hydrogen-bond donors (Lipinski definition) is 1. The first-order chi connectivity index (χ1) is 11.4. The van der Waals surface area contributed by atoms with Gasteiger partial charge in [-0.1, -0.05) is 6.07 Å². The maximum absolute atomic E-state index is 12.9. The van der Waals surface area contributed by atoms with Crippen LogP contribution in [0.25, 0.3) is 0 Å². The minimum absolute atomic E-state index is 0.0894. The van der Waals surface area contributed by atoms with Gasteiger partial charge in [-0.3, -0.25) is 4.79 Å². The fourth-order valence-corrected chi connectivity index (χ4v) is 3.30. The molecule has 0 bridgehead atoms. The molecule has 0 radical (unpaired) electrons. The Bertz CT molecular complexity index is 740. The van der Waals surface area contributed by atoms with Gasteiger partial charge < -0.3 is 15.0 Å². The normalized spacial score (nSPS) is 23.0. The van der Waals surface area contributed by atoms with Gasteiger partial charge in [-0.15, -0.1) is 0 Å². The average molecular weight is 356 g/mol. The van der Waals surface area contributed by atoms with Crippen molar-refractivity contribution in [2.75, 3.05) is 18.4 Å². The summed E-state index contributed by atoms with van der Waals surface area (Å²) in [5, 5.41) is 2.53. The lowest BCUT2D eigenvalue weighted by Gasteiger charge is -2.26. The van der Waals surface area contributed by atoms with Gasteiger partial charge in [-0.25, -0.2) is 4.79 Å². The number of benzene rings is 1. The molecule has 3 rings (SSSR count). The van der Waals surface area contributed by atoms with Crippen molar-refractivity contribution in [3.05, 3.63) is 29.3 Å². The number of alkyl halides is 3. The summed E-state index contributed by atoms with van der Waals surface area (Å²) in [5.74, 6) is -0.382. The molecule has 0 aromatic heterocycles. The van der Waals surface area contributed by atoms with Crippen LogP contribution >= 0.6 is 0 Å². The van der Waals surface area contributed by atoms with Gasteiger partial charge in [0.05, 0.1) is 11.0 Å². The fourth-order valence-electron chi connectivity index (χ4n) is 3.30. The van der Waals surface area contributed by atoms with Gasteiger partial charge in [0.15, 0.2) is 0 Å². The molecule has 1 fully saturated rings. The highest BCUT2D eigenvalue weighted by atomic mass is 19.4. The number of halogens is 3. The summed E-state index contributed by atoms with van der Waals surface area (Å²) in [4.78, 5) is 26.2. The van der Waals surface area contributed by atoms with E-state index in [1.165, 1.54) is 11.0 Å². The molecular weight excluding hydrogens is 337 g/mol. The van der Waals surface area contributed by atoms with E-state index in [2.05, 4.69) is 5.32 Å². The first kappa shape index (κ1) is 17.6.